The molecule has 2 saturated heterocycles. The Morgan fingerprint density at radius 1 is 0.654 bits per heavy atom. The Bertz CT molecular complexity index is 3430. The highest BCUT2D eigenvalue weighted by molar-refractivity contribution is 6.41. The maximum Gasteiger partial charge on any atom is 0.243 e. The number of carbonyl (C=O) groups excluding carboxylic acids is 2. The molecule has 0 unspecified atom stereocenters. The molecule has 2 aromatic carbocycles. The van der Waals surface area contributed by atoms with E-state index in [9.17, 15) is 9.59 Å². The Balaban J connectivity index is 0.874. The number of methoxy groups -OCH3 is 3. The molecule has 2 aliphatic heterocycles. The van der Waals surface area contributed by atoms with Gasteiger partial charge in [-0.05, 0) is 37.1 Å². The van der Waals surface area contributed by atoms with Crippen molar-refractivity contribution in [3.05, 3.63) is 100 Å². The van der Waals surface area contributed by atoms with Gasteiger partial charge in [0.1, 0.15) is 52.9 Å². The van der Waals surface area contributed by atoms with Crippen LogP contribution in [-0.4, -0.2) is 136 Å². The highest BCUT2D eigenvalue weighted by Gasteiger charge is 2.32. The van der Waals surface area contributed by atoms with Crippen LogP contribution in [0.4, 0.5) is 23.3 Å². The number of nitrogens with one attached hydrogen (secondary N) is 6. The Morgan fingerprint density at radius 2 is 1.14 bits per heavy atom. The molecular weight excluding hydrogens is 1090 g/mol. The second-order valence-corrected chi connectivity index (χ2v) is 19.8. The van der Waals surface area contributed by atoms with E-state index in [1.165, 1.54) is 33.5 Å². The first kappa shape index (κ1) is 53.9. The van der Waals surface area contributed by atoms with E-state index >= 15 is 0 Å². The van der Waals surface area contributed by atoms with E-state index in [1.54, 1.807) is 35.4 Å². The van der Waals surface area contributed by atoms with Crippen molar-refractivity contribution >= 4 is 103 Å². The van der Waals surface area contributed by atoms with Gasteiger partial charge in [0.15, 0.2) is 11.6 Å². The number of fused-ring (bicyclic) bond motifs is 2. The van der Waals surface area contributed by atoms with Gasteiger partial charge in [-0.25, -0.2) is 29.9 Å². The lowest BCUT2D eigenvalue weighted by Crippen LogP contribution is -2.45. The van der Waals surface area contributed by atoms with E-state index in [0.29, 0.717) is 106 Å². The summed E-state index contributed by atoms with van der Waals surface area (Å²) in [5.74, 6) is 3.10. The summed E-state index contributed by atoms with van der Waals surface area (Å²) < 4.78 is 36.2. The molecule has 2 amide bonds. The lowest BCUT2D eigenvalue weighted by Gasteiger charge is -2.20. The van der Waals surface area contributed by atoms with Gasteiger partial charge in [-0.1, -0.05) is 59.6 Å². The van der Waals surface area contributed by atoms with Gasteiger partial charge in [-0.15, -0.1) is 0 Å². The van der Waals surface area contributed by atoms with Crippen LogP contribution in [0, 0.1) is 0 Å². The quantitative estimate of drug-likeness (QED) is 0.0354. The number of benzene rings is 2. The average Bonchev–Trinajstić information content (AvgIpc) is 3.82. The molecule has 22 nitrogen and oxygen atoms in total. The molecule has 3 aliphatic rings. The van der Waals surface area contributed by atoms with E-state index in [-0.39, 0.29) is 92.7 Å². The monoisotopic (exact) mass is 1140 g/mol. The van der Waals surface area contributed by atoms with Crippen molar-refractivity contribution in [1.82, 2.24) is 50.3 Å². The third-order valence-electron chi connectivity index (χ3n) is 13.0. The first-order valence-electron chi connectivity index (χ1n) is 24.6. The van der Waals surface area contributed by atoms with Gasteiger partial charge < -0.3 is 60.3 Å². The third-order valence-corrected chi connectivity index (χ3v) is 14.5. The molecule has 1 saturated carbocycles. The second-order valence-electron chi connectivity index (χ2n) is 18.3. The smallest absolute Gasteiger partial charge is 0.243 e. The van der Waals surface area contributed by atoms with E-state index in [4.69, 9.17) is 94.8 Å². The fourth-order valence-electron chi connectivity index (χ4n) is 8.83. The van der Waals surface area contributed by atoms with Crippen molar-refractivity contribution in [2.75, 3.05) is 75.6 Å². The van der Waals surface area contributed by atoms with E-state index in [1.807, 2.05) is 18.3 Å². The third kappa shape index (κ3) is 11.7. The minimum Gasteiger partial charge on any atom is -0.495 e. The molecule has 7 aromatic rings. The van der Waals surface area contributed by atoms with Gasteiger partial charge in [-0.3, -0.25) is 14.3 Å². The normalized spacial score (nSPS) is 17.8. The fraction of sp³-hybridized carbons (Fsp3) is 0.327. The largest absolute Gasteiger partial charge is 0.495 e. The van der Waals surface area contributed by atoms with E-state index in [2.05, 4.69) is 60.1 Å². The number of anilines is 4. The molecule has 10 rings (SSSR count). The van der Waals surface area contributed by atoms with Gasteiger partial charge in [0.05, 0.1) is 139 Å². The van der Waals surface area contributed by atoms with Crippen LogP contribution in [0.2, 0.25) is 20.1 Å². The number of aromatic nitrogens is 8. The highest BCUT2D eigenvalue weighted by Crippen LogP contribution is 2.47. The van der Waals surface area contributed by atoms with Crippen molar-refractivity contribution in [2.45, 2.75) is 56.1 Å². The Hall–Kier alpha value is -7.47. The molecule has 5 aromatic heterocycles. The van der Waals surface area contributed by atoms with Crippen molar-refractivity contribution < 1.29 is 38.0 Å². The summed E-state index contributed by atoms with van der Waals surface area (Å²) in [5.41, 5.74) is 2.43. The van der Waals surface area contributed by atoms with Crippen LogP contribution < -0.4 is 50.8 Å². The zero-order valence-electron chi connectivity index (χ0n) is 42.3. The van der Waals surface area contributed by atoms with Gasteiger partial charge in [-0.2, -0.15) is 5.10 Å². The summed E-state index contributed by atoms with van der Waals surface area (Å²) in [6.45, 7) is 9.24. The number of hydrogen-bond acceptors (Lipinski definition) is 19. The summed E-state index contributed by atoms with van der Waals surface area (Å²) in [6, 6.07) is 6.00. The molecule has 1 aliphatic carbocycles. The summed E-state index contributed by atoms with van der Waals surface area (Å²) in [6.07, 6.45) is 11.3. The van der Waals surface area contributed by atoms with Gasteiger partial charge in [0, 0.05) is 47.3 Å². The number of rotatable bonds is 22. The minimum atomic E-state index is -0.318. The summed E-state index contributed by atoms with van der Waals surface area (Å²) in [7, 11) is 4.47. The average molecular weight is 1140 g/mol. The Labute approximate surface area is 466 Å². The van der Waals surface area contributed by atoms with Crippen LogP contribution in [0.5, 0.6) is 23.0 Å². The number of hydrogen-bond donors (Lipinski definition) is 6. The lowest BCUT2D eigenvalue weighted by atomic mass is 10.1. The van der Waals surface area contributed by atoms with Crippen LogP contribution in [0.1, 0.15) is 18.4 Å². The fourth-order valence-corrected chi connectivity index (χ4v) is 10.1. The van der Waals surface area contributed by atoms with E-state index < -0.39 is 0 Å². The number of amides is 2. The summed E-state index contributed by atoms with van der Waals surface area (Å²) >= 11 is 27.9. The first-order chi connectivity index (χ1) is 37.8. The maximum absolute atomic E-state index is 12.2. The zero-order chi connectivity index (χ0) is 54.6. The number of halogens is 4. The zero-order valence-corrected chi connectivity index (χ0v) is 45.3. The molecule has 406 valence electrons. The number of carbonyl (C=O) groups is 2. The lowest BCUT2D eigenvalue weighted by molar-refractivity contribution is -0.118. The number of ether oxygens (including phenoxy) is 6. The van der Waals surface area contributed by atoms with Crippen molar-refractivity contribution in [3.8, 4) is 45.8 Å². The van der Waals surface area contributed by atoms with Gasteiger partial charge in [0.2, 0.25) is 11.8 Å². The highest BCUT2D eigenvalue weighted by atomic mass is 35.5. The molecule has 0 spiro atoms. The number of nitrogens with zero attached hydrogens (tertiary/aromatic N) is 8. The van der Waals surface area contributed by atoms with Crippen LogP contribution in [0.15, 0.2) is 74.4 Å². The van der Waals surface area contributed by atoms with Crippen molar-refractivity contribution in [2.24, 2.45) is 0 Å². The predicted octanol–water partition coefficient (Wildman–Crippen LogP) is 7.76. The second kappa shape index (κ2) is 23.6. The summed E-state index contributed by atoms with van der Waals surface area (Å²) in [4.78, 5) is 53.2. The van der Waals surface area contributed by atoms with Crippen LogP contribution in [-0.2, 0) is 32.2 Å². The molecule has 6 N–H and O–H groups in total. The van der Waals surface area contributed by atoms with Crippen LogP contribution >= 0.6 is 46.4 Å². The molecular formula is C52H52Cl4N14O8. The minimum absolute atomic E-state index is 0.147. The molecule has 0 bridgehead atoms. The molecule has 0 radical (unpaired) electrons. The maximum atomic E-state index is 12.2. The standard InChI is InChI=1S/C52H52Cl4N14O8/c1-6-41(71)64-33-23-76-21-31(33)62-39-12-27-29(18-57-39)66-51(43-45(53)35(73-3)14-36(74-4)46(43)54)68-49(27)59-16-25-17-60-70(20-25)10-11-78-38-15-37(75-5)47(55)44(48(38)56)52-67-30-19-58-40(13-28(30)50(69-52)61-26-8-9-26)63-32-22-77-24-34(32)65-42(72)7-2/h6-7,12-15,17-20,26,31-34H,1-2,8-11,16,21-24H2,3-5H3,(H,57,62)(H,58,63)(H,64,71)(H,65,72)(H,59,66,68)(H,61,67,69)/t31-,32-,33+,34+/m1/s1. The van der Waals surface area contributed by atoms with Gasteiger partial charge >= 0.3 is 0 Å². The van der Waals surface area contributed by atoms with Gasteiger partial charge in [0.25, 0.3) is 0 Å². The van der Waals surface area contributed by atoms with Crippen molar-refractivity contribution in [1.29, 1.82) is 0 Å². The Morgan fingerprint density at radius 3 is 1.65 bits per heavy atom. The summed E-state index contributed by atoms with van der Waals surface area (Å²) in [5, 5.41) is 26.2. The Kier molecular flexibility index (Phi) is 16.3. The first-order valence-corrected chi connectivity index (χ1v) is 26.1. The van der Waals surface area contributed by atoms with Crippen LogP contribution in [0.3, 0.4) is 0 Å². The van der Waals surface area contributed by atoms with E-state index in [0.717, 1.165) is 18.4 Å². The topological polar surface area (TPSA) is 257 Å². The van der Waals surface area contributed by atoms with Crippen molar-refractivity contribution in [3.63, 3.8) is 0 Å². The van der Waals surface area contributed by atoms with Crippen LogP contribution in [0.25, 0.3) is 44.6 Å². The predicted molar refractivity (Wildman–Crippen MR) is 298 cm³/mol. The molecule has 78 heavy (non-hydrogen) atoms. The molecule has 7 heterocycles. The SMILES string of the molecule is C=CC(=O)N[C@H]1COC[C@H]1Nc1cc2c(NCc3cnn(CCOc4cc(OC)c(Cl)c(-c5nc(NC6CC6)c6cc(N[C@@H]7COC[C@@H]7NC(=O)C=C)ncc6n5)c4Cl)c3)nc(-c3c(Cl)c(OC)cc(OC)c3Cl)nc2cn1. The number of pyridine rings is 2. The molecule has 3 fully saturated rings. The molecule has 26 heteroatoms. The molecule has 4 atom stereocenters.